The van der Waals surface area contributed by atoms with Gasteiger partial charge >= 0.3 is 0 Å². The molecule has 11 nitrogen and oxygen atoms in total. The first-order chi connectivity index (χ1) is 13.8. The number of ether oxygens (including phenoxy) is 1. The van der Waals surface area contributed by atoms with Gasteiger partial charge in [0, 0.05) is 0 Å². The molecule has 2 saturated heterocycles. The van der Waals surface area contributed by atoms with Gasteiger partial charge in [0.25, 0.3) is 7.82 Å². The van der Waals surface area contributed by atoms with Gasteiger partial charge in [0.05, 0.1) is 6.61 Å². The van der Waals surface area contributed by atoms with Crippen LogP contribution in [0.15, 0.2) is 11.1 Å². The number of nitrogens with zero attached hydrogens (tertiary/aromatic N) is 4. The maximum Gasteiger partial charge on any atom is 0.268 e. The molecule has 4 rings (SSSR count). The lowest BCUT2D eigenvalue weighted by molar-refractivity contribution is -0.245. The molecule has 2 aromatic rings. The van der Waals surface area contributed by atoms with E-state index in [1.165, 1.54) is 6.33 Å². The molecule has 0 bridgehead atoms. The molecule has 2 aliphatic rings. The van der Waals surface area contributed by atoms with Crippen molar-refractivity contribution >= 4 is 49.1 Å². The van der Waals surface area contributed by atoms with Crippen LogP contribution in [-0.2, 0) is 22.8 Å². The third-order valence-electron chi connectivity index (χ3n) is 5.89. The number of phosphoric acid groups is 1. The second-order valence-electron chi connectivity index (χ2n) is 8.90. The Bertz CT molecular complexity index is 1030. The second kappa shape index (κ2) is 7.31. The first kappa shape index (κ1) is 22.3. The van der Waals surface area contributed by atoms with Gasteiger partial charge in [0.15, 0.2) is 36.3 Å². The number of imidazole rings is 1. The summed E-state index contributed by atoms with van der Waals surface area (Å²) in [6.07, 6.45) is -1.65. The second-order valence-corrected chi connectivity index (χ2v) is 15.7. The van der Waals surface area contributed by atoms with Crippen molar-refractivity contribution in [1.29, 1.82) is 0 Å². The lowest BCUT2D eigenvalue weighted by Crippen LogP contribution is -2.50. The number of fused-ring (bicyclic) bond motifs is 2. The zero-order valence-corrected chi connectivity index (χ0v) is 20.7. The monoisotopic (exact) mass is 520 g/mol. The fourth-order valence-electron chi connectivity index (χ4n) is 3.29. The van der Waals surface area contributed by atoms with E-state index < -0.39 is 40.7 Å². The van der Waals surface area contributed by atoms with E-state index >= 15 is 0 Å². The molecule has 5 atom stereocenters. The van der Waals surface area contributed by atoms with E-state index in [0.29, 0.717) is 15.9 Å². The summed E-state index contributed by atoms with van der Waals surface area (Å²) in [5.74, 6) is 0.223. The van der Waals surface area contributed by atoms with Gasteiger partial charge in [-0.3, -0.25) is 9.13 Å². The van der Waals surface area contributed by atoms with Crippen LogP contribution in [0.25, 0.3) is 11.2 Å². The van der Waals surface area contributed by atoms with Crippen LogP contribution in [0, 0.1) is 0 Å². The molecule has 3 unspecified atom stereocenters. The Labute approximate surface area is 183 Å². The van der Waals surface area contributed by atoms with Gasteiger partial charge in [-0.15, -0.1) is 0 Å². The summed E-state index contributed by atoms with van der Waals surface area (Å²) >= 11 is 3.44. The van der Waals surface area contributed by atoms with Gasteiger partial charge in [-0.2, -0.15) is 0 Å². The average Bonchev–Trinajstić information content (AvgIpc) is 3.11. The van der Waals surface area contributed by atoms with Crippen LogP contribution in [0.1, 0.15) is 27.0 Å². The molecule has 2 aliphatic heterocycles. The van der Waals surface area contributed by atoms with Crippen molar-refractivity contribution in [3.05, 3.63) is 11.1 Å². The molecule has 0 aliphatic carbocycles. The Balaban J connectivity index is 1.81. The molecule has 4 heterocycles. The number of hydrogen-bond donors (Lipinski definition) is 1. The normalized spacial score (nSPS) is 32.5. The lowest BCUT2D eigenvalue weighted by atomic mass is 10.1. The van der Waals surface area contributed by atoms with Crippen molar-refractivity contribution in [1.82, 2.24) is 19.5 Å². The number of hydrogen-bond acceptors (Lipinski definition) is 10. The fourth-order valence-corrected chi connectivity index (χ4v) is 6.07. The van der Waals surface area contributed by atoms with E-state index in [9.17, 15) is 9.46 Å². The van der Waals surface area contributed by atoms with E-state index in [2.05, 4.69) is 64.7 Å². The number of halogens is 1. The Morgan fingerprint density at radius 3 is 2.77 bits per heavy atom. The molecule has 0 amide bonds. The molecular weight excluding hydrogens is 497 g/mol. The maximum absolute atomic E-state index is 12.0. The summed E-state index contributed by atoms with van der Waals surface area (Å²) in [5, 5.41) is -0.122. The highest BCUT2D eigenvalue weighted by molar-refractivity contribution is 9.10. The van der Waals surface area contributed by atoms with Crippen LogP contribution >= 0.6 is 23.8 Å². The Kier molecular flexibility index (Phi) is 5.43. The number of rotatable bonds is 3. The van der Waals surface area contributed by atoms with Gasteiger partial charge in [0.1, 0.15) is 24.6 Å². The van der Waals surface area contributed by atoms with E-state index in [1.807, 2.05) is 0 Å². The fraction of sp³-hybridized carbons (Fsp3) is 0.688. The summed E-state index contributed by atoms with van der Waals surface area (Å²) in [6, 6.07) is 0. The first-order valence-electron chi connectivity index (χ1n) is 9.42. The van der Waals surface area contributed by atoms with Crippen molar-refractivity contribution in [2.24, 2.45) is 0 Å². The van der Waals surface area contributed by atoms with Gasteiger partial charge in [-0.1, -0.05) is 20.8 Å². The van der Waals surface area contributed by atoms with Crippen molar-refractivity contribution in [2.75, 3.05) is 12.3 Å². The molecule has 2 N–H and O–H groups in total. The van der Waals surface area contributed by atoms with Crippen molar-refractivity contribution in [3.63, 3.8) is 0 Å². The maximum atomic E-state index is 12.0. The van der Waals surface area contributed by atoms with Crippen molar-refractivity contribution in [2.45, 2.75) is 63.4 Å². The summed E-state index contributed by atoms with van der Waals surface area (Å²) in [6.45, 7) is 10.3. The van der Waals surface area contributed by atoms with Gasteiger partial charge in [-0.05, 0) is 34.1 Å². The lowest BCUT2D eigenvalue weighted by Gasteiger charge is -2.42. The van der Waals surface area contributed by atoms with Crippen molar-refractivity contribution in [3.8, 4) is 0 Å². The number of nitrogens with two attached hydrogens (primary N) is 1. The van der Waals surface area contributed by atoms with Gasteiger partial charge in [-0.25, -0.2) is 15.0 Å². The summed E-state index contributed by atoms with van der Waals surface area (Å²) in [7, 11) is -6.79. The topological polar surface area (TPSA) is 147 Å². The van der Waals surface area contributed by atoms with E-state index in [1.54, 1.807) is 4.57 Å². The third kappa shape index (κ3) is 3.75. The predicted octanol–water partition coefficient (Wildman–Crippen LogP) is 2.34. The highest BCUT2D eigenvalue weighted by Crippen LogP contribution is 2.52. The number of nitrogen functional groups attached to an aromatic ring is 1. The summed E-state index contributed by atoms with van der Waals surface area (Å²) < 4.78 is 37.1. The van der Waals surface area contributed by atoms with Crippen molar-refractivity contribution < 1.29 is 27.7 Å². The largest absolute Gasteiger partial charge is 0.756 e. The van der Waals surface area contributed by atoms with E-state index in [-0.39, 0.29) is 17.5 Å². The first-order valence-corrected chi connectivity index (χ1v) is 14.6. The van der Waals surface area contributed by atoms with Gasteiger partial charge < -0.3 is 28.8 Å². The predicted molar refractivity (Wildman–Crippen MR) is 112 cm³/mol. The minimum absolute atomic E-state index is 0.122. The standard InChI is InChI=1S/C16H25BrN5O6PSi/c1-16(2,3)30(4,5)28-11-10-8(6-25-29(23,24)27-10)26-14(11)22-13-9(21-15(22)17)12(18)19-7-20-13/h7-8,10-11,14H,6H2,1-5H3,(H,23,24)(H2,18,19,20)/p-1/t8?,10-,11+,14?/m1/s1. The minimum Gasteiger partial charge on any atom is -0.756 e. The molecule has 0 saturated carbocycles. The molecule has 2 aromatic heterocycles. The van der Waals surface area contributed by atoms with Crippen LogP contribution in [0.4, 0.5) is 5.82 Å². The van der Waals surface area contributed by atoms with Crippen LogP contribution < -0.4 is 10.6 Å². The van der Waals surface area contributed by atoms with E-state index in [4.69, 9.17) is 23.9 Å². The Morgan fingerprint density at radius 1 is 1.40 bits per heavy atom. The molecule has 166 valence electrons. The number of phosphoric ester groups is 1. The van der Waals surface area contributed by atoms with E-state index in [0.717, 1.165) is 0 Å². The third-order valence-corrected chi connectivity index (χ3v) is 11.9. The highest BCUT2D eigenvalue weighted by Gasteiger charge is 2.55. The quantitative estimate of drug-likeness (QED) is 0.363. The molecule has 0 radical (unpaired) electrons. The van der Waals surface area contributed by atoms with Crippen LogP contribution in [0.2, 0.25) is 18.1 Å². The van der Waals surface area contributed by atoms with Crippen LogP contribution in [0.3, 0.4) is 0 Å². The molecule has 0 aromatic carbocycles. The summed E-state index contributed by atoms with van der Waals surface area (Å²) in [4.78, 5) is 24.7. The SMILES string of the molecule is CC(C)(C)[Si](C)(C)O[C@@H]1C(n2c(Br)nc3c(N)ncnc32)OC2COP(=O)([O-])O[C@H]21. The molecule has 14 heteroatoms. The molecule has 0 spiro atoms. The highest BCUT2D eigenvalue weighted by atomic mass is 79.9. The summed E-state index contributed by atoms with van der Waals surface area (Å²) in [5.41, 5.74) is 6.79. The minimum atomic E-state index is -4.45. The Morgan fingerprint density at radius 2 is 2.10 bits per heavy atom. The average molecular weight is 521 g/mol. The zero-order chi connectivity index (χ0) is 22.1. The zero-order valence-electron chi connectivity index (χ0n) is 17.2. The smallest absolute Gasteiger partial charge is 0.268 e. The van der Waals surface area contributed by atoms with Crippen LogP contribution in [-0.4, -0.2) is 52.8 Å². The number of anilines is 1. The number of aromatic nitrogens is 4. The molecule has 30 heavy (non-hydrogen) atoms. The molecule has 2 fully saturated rings. The van der Waals surface area contributed by atoms with Crippen LogP contribution in [0.5, 0.6) is 0 Å². The van der Waals surface area contributed by atoms with Gasteiger partial charge in [0.2, 0.25) is 0 Å². The molecular formula is C16H24BrN5O6PSi-. The Hall–Kier alpha value is -0.923.